The third kappa shape index (κ3) is 3.92. The fraction of sp³-hybridized carbons (Fsp3) is 0.750. The summed E-state index contributed by atoms with van der Waals surface area (Å²) in [5.74, 6) is 0.567. The number of rotatable bonds is 4. The predicted molar refractivity (Wildman–Crippen MR) is 70.7 cm³/mol. The largest absolute Gasteiger partial charge is 0.336 e. The Morgan fingerprint density at radius 3 is 2.79 bits per heavy atom. The molecule has 0 atom stereocenters. The Hall–Kier alpha value is -1.63. The van der Waals surface area contributed by atoms with Crippen LogP contribution in [-0.4, -0.2) is 28.3 Å². The predicted octanol–water partition coefficient (Wildman–Crippen LogP) is 1.42. The van der Waals surface area contributed by atoms with E-state index < -0.39 is 0 Å². The zero-order valence-corrected chi connectivity index (χ0v) is 11.2. The van der Waals surface area contributed by atoms with Gasteiger partial charge in [-0.2, -0.15) is 4.98 Å². The third-order valence-corrected chi connectivity index (χ3v) is 3.46. The summed E-state index contributed by atoms with van der Waals surface area (Å²) in [5, 5.41) is 8.97. The van der Waals surface area contributed by atoms with Gasteiger partial charge in [0.25, 0.3) is 0 Å². The number of hydrogen-bond donors (Lipinski definition) is 3. The van der Waals surface area contributed by atoms with Crippen LogP contribution in [-0.2, 0) is 6.42 Å². The van der Waals surface area contributed by atoms with Crippen molar-refractivity contribution in [3.8, 4) is 0 Å². The molecule has 1 saturated carbocycles. The topological polar surface area (TPSA) is 106 Å². The third-order valence-electron chi connectivity index (χ3n) is 3.46. The van der Waals surface area contributed by atoms with Crippen molar-refractivity contribution in [2.75, 3.05) is 11.9 Å². The van der Waals surface area contributed by atoms with E-state index in [-0.39, 0.29) is 17.6 Å². The maximum absolute atomic E-state index is 11.7. The molecule has 0 unspecified atom stereocenters. The summed E-state index contributed by atoms with van der Waals surface area (Å²) in [6, 6.07) is -0.245. The highest BCUT2D eigenvalue weighted by Crippen LogP contribution is 2.25. The van der Waals surface area contributed by atoms with Crippen molar-refractivity contribution < 1.29 is 9.32 Å². The Morgan fingerprint density at radius 1 is 1.42 bits per heavy atom. The van der Waals surface area contributed by atoms with Gasteiger partial charge in [0.1, 0.15) is 0 Å². The van der Waals surface area contributed by atoms with Crippen LogP contribution >= 0.6 is 0 Å². The van der Waals surface area contributed by atoms with Gasteiger partial charge in [-0.05, 0) is 12.8 Å². The van der Waals surface area contributed by atoms with E-state index >= 15 is 0 Å². The lowest BCUT2D eigenvalue weighted by molar-refractivity contribution is 0.240. The van der Waals surface area contributed by atoms with Crippen LogP contribution in [0.2, 0.25) is 0 Å². The van der Waals surface area contributed by atoms with Crippen LogP contribution in [0.5, 0.6) is 0 Å². The van der Waals surface area contributed by atoms with Crippen molar-refractivity contribution >= 4 is 12.0 Å². The Kier molecular flexibility index (Phi) is 4.36. The second kappa shape index (κ2) is 6.01. The number of hydrogen-bond acceptors (Lipinski definition) is 5. The Morgan fingerprint density at radius 2 is 2.16 bits per heavy atom. The van der Waals surface area contributed by atoms with E-state index in [0.717, 1.165) is 25.7 Å². The molecule has 0 spiro atoms. The first-order chi connectivity index (χ1) is 9.11. The van der Waals surface area contributed by atoms with Gasteiger partial charge >= 0.3 is 12.0 Å². The molecule has 1 aliphatic carbocycles. The van der Waals surface area contributed by atoms with Crippen LogP contribution < -0.4 is 16.4 Å². The van der Waals surface area contributed by atoms with E-state index in [1.807, 2.05) is 6.92 Å². The van der Waals surface area contributed by atoms with Crippen molar-refractivity contribution in [3.05, 3.63) is 5.82 Å². The van der Waals surface area contributed by atoms with E-state index in [1.54, 1.807) is 0 Å². The summed E-state index contributed by atoms with van der Waals surface area (Å²) in [7, 11) is 0. The van der Waals surface area contributed by atoms with Crippen LogP contribution in [0.4, 0.5) is 10.8 Å². The number of amides is 2. The highest BCUT2D eigenvalue weighted by molar-refractivity contribution is 5.86. The maximum atomic E-state index is 11.7. The molecule has 1 aliphatic rings. The molecule has 0 aliphatic heterocycles. The van der Waals surface area contributed by atoms with E-state index in [9.17, 15) is 4.79 Å². The Bertz CT molecular complexity index is 426. The lowest BCUT2D eigenvalue weighted by Crippen LogP contribution is -2.52. The zero-order valence-electron chi connectivity index (χ0n) is 11.2. The number of nitrogens with one attached hydrogen (secondary N) is 2. The molecule has 7 heteroatoms. The molecule has 0 radical (unpaired) electrons. The van der Waals surface area contributed by atoms with E-state index in [2.05, 4.69) is 20.8 Å². The molecule has 1 aromatic heterocycles. The van der Waals surface area contributed by atoms with Crippen molar-refractivity contribution in [2.45, 2.75) is 51.0 Å². The monoisotopic (exact) mass is 267 g/mol. The fourth-order valence-corrected chi connectivity index (χ4v) is 2.28. The minimum atomic E-state index is -0.360. The van der Waals surface area contributed by atoms with Gasteiger partial charge in [0, 0.05) is 18.5 Å². The normalized spacial score (nSPS) is 18.0. The Labute approximate surface area is 112 Å². The lowest BCUT2D eigenvalue weighted by atomic mass is 9.82. The highest BCUT2D eigenvalue weighted by atomic mass is 16.5. The molecule has 0 saturated heterocycles. The van der Waals surface area contributed by atoms with Gasteiger partial charge in [-0.1, -0.05) is 31.3 Å². The second-order valence-corrected chi connectivity index (χ2v) is 5.10. The van der Waals surface area contributed by atoms with Crippen molar-refractivity contribution in [1.82, 2.24) is 15.5 Å². The molecular formula is C12H21N5O2. The first-order valence-electron chi connectivity index (χ1n) is 6.78. The molecule has 1 heterocycles. The number of nitrogens with two attached hydrogens (primary N) is 1. The zero-order chi connectivity index (χ0) is 13.7. The van der Waals surface area contributed by atoms with E-state index in [0.29, 0.717) is 18.8 Å². The van der Waals surface area contributed by atoms with Crippen LogP contribution in [0.15, 0.2) is 4.52 Å². The summed E-state index contributed by atoms with van der Waals surface area (Å²) < 4.78 is 4.88. The molecule has 19 heavy (non-hydrogen) atoms. The molecule has 106 valence electrons. The summed E-state index contributed by atoms with van der Waals surface area (Å²) in [5.41, 5.74) is 5.95. The van der Waals surface area contributed by atoms with Crippen LogP contribution in [0, 0.1) is 0 Å². The molecule has 2 rings (SSSR count). The highest BCUT2D eigenvalue weighted by Gasteiger charge is 2.27. The van der Waals surface area contributed by atoms with Crippen molar-refractivity contribution in [3.63, 3.8) is 0 Å². The molecule has 2 amide bonds. The summed E-state index contributed by atoms with van der Waals surface area (Å²) in [6.45, 7) is 2.38. The molecular weight excluding hydrogens is 246 g/mol. The molecule has 7 nitrogen and oxygen atoms in total. The van der Waals surface area contributed by atoms with Gasteiger partial charge in [0.05, 0.1) is 0 Å². The number of aryl methyl sites for hydroxylation is 1. The average molecular weight is 267 g/mol. The van der Waals surface area contributed by atoms with Gasteiger partial charge in [0.15, 0.2) is 5.82 Å². The number of anilines is 1. The molecule has 1 aromatic rings. The van der Waals surface area contributed by atoms with Gasteiger partial charge in [0.2, 0.25) is 0 Å². The number of carbonyl (C=O) groups excluding carboxylic acids is 1. The number of aromatic nitrogens is 2. The Balaban J connectivity index is 1.77. The van der Waals surface area contributed by atoms with E-state index in [4.69, 9.17) is 10.3 Å². The second-order valence-electron chi connectivity index (χ2n) is 5.10. The van der Waals surface area contributed by atoms with Crippen LogP contribution in [0.25, 0.3) is 0 Å². The van der Waals surface area contributed by atoms with Gasteiger partial charge in [-0.3, -0.25) is 5.32 Å². The smallest absolute Gasteiger partial charge is 0.329 e. The minimum Gasteiger partial charge on any atom is -0.336 e. The van der Waals surface area contributed by atoms with Gasteiger partial charge in [-0.15, -0.1) is 0 Å². The number of nitrogens with zero attached hydrogens (tertiary/aromatic N) is 2. The summed E-state index contributed by atoms with van der Waals surface area (Å²) in [4.78, 5) is 15.7. The van der Waals surface area contributed by atoms with Crippen LogP contribution in [0.3, 0.4) is 0 Å². The SMILES string of the molecule is CCc1noc(NC(=O)NCC2(N)CCCCC2)n1. The van der Waals surface area contributed by atoms with Crippen molar-refractivity contribution in [2.24, 2.45) is 5.73 Å². The molecule has 0 bridgehead atoms. The first-order valence-corrected chi connectivity index (χ1v) is 6.78. The molecule has 0 aromatic carbocycles. The molecule has 4 N–H and O–H groups in total. The molecule has 1 fully saturated rings. The summed E-state index contributed by atoms with van der Waals surface area (Å²) in [6.07, 6.45) is 6.06. The maximum Gasteiger partial charge on any atom is 0.329 e. The quantitative estimate of drug-likeness (QED) is 0.764. The standard InChI is InChI=1S/C12H21N5O2/c1-2-9-15-11(19-17-9)16-10(18)14-8-12(13)6-4-3-5-7-12/h2-8,13H2,1H3,(H2,14,15,16,17,18). The summed E-state index contributed by atoms with van der Waals surface area (Å²) >= 11 is 0. The first kappa shape index (κ1) is 13.8. The lowest BCUT2D eigenvalue weighted by Gasteiger charge is -2.33. The van der Waals surface area contributed by atoms with Gasteiger partial charge < -0.3 is 15.6 Å². The van der Waals surface area contributed by atoms with Gasteiger partial charge in [-0.25, -0.2) is 4.79 Å². The average Bonchev–Trinajstić information content (AvgIpc) is 2.85. The number of urea groups is 1. The van der Waals surface area contributed by atoms with Crippen LogP contribution in [0.1, 0.15) is 44.9 Å². The fourth-order valence-electron chi connectivity index (χ4n) is 2.28. The number of carbonyl (C=O) groups is 1. The van der Waals surface area contributed by atoms with Crippen molar-refractivity contribution in [1.29, 1.82) is 0 Å². The minimum absolute atomic E-state index is 0.115. The van der Waals surface area contributed by atoms with E-state index in [1.165, 1.54) is 6.42 Å².